The molecule has 2 N–H and O–H groups in total. The van der Waals surface area contributed by atoms with Crippen LogP contribution in [0, 0.1) is 20.8 Å². The van der Waals surface area contributed by atoms with E-state index in [1.165, 1.54) is 17.3 Å². The average Bonchev–Trinajstić information content (AvgIpc) is 2.72. The van der Waals surface area contributed by atoms with Gasteiger partial charge in [-0.3, -0.25) is 0 Å². The molecule has 0 atom stereocenters. The molecule has 0 spiro atoms. The molecule has 17 heavy (non-hydrogen) atoms. The third kappa shape index (κ3) is 2.06. The van der Waals surface area contributed by atoms with Gasteiger partial charge in [0.15, 0.2) is 0 Å². The van der Waals surface area contributed by atoms with E-state index in [4.69, 9.17) is 5.11 Å². The van der Waals surface area contributed by atoms with Gasteiger partial charge in [-0.1, -0.05) is 6.07 Å². The Kier molecular flexibility index (Phi) is 2.71. The van der Waals surface area contributed by atoms with E-state index in [2.05, 4.69) is 23.0 Å². The molecule has 0 saturated heterocycles. The van der Waals surface area contributed by atoms with Crippen molar-refractivity contribution in [2.75, 3.05) is 0 Å². The van der Waals surface area contributed by atoms with Gasteiger partial charge in [-0.2, -0.15) is 0 Å². The van der Waals surface area contributed by atoms with Gasteiger partial charge in [-0.25, -0.2) is 9.78 Å². The van der Waals surface area contributed by atoms with Crippen molar-refractivity contribution in [1.29, 1.82) is 0 Å². The Morgan fingerprint density at radius 2 is 1.82 bits per heavy atom. The molecule has 0 aliphatic rings. The van der Waals surface area contributed by atoms with Crippen LogP contribution in [0.5, 0.6) is 0 Å². The first kappa shape index (κ1) is 11.4. The van der Waals surface area contributed by atoms with Gasteiger partial charge in [0.25, 0.3) is 0 Å². The third-order valence-electron chi connectivity index (χ3n) is 2.90. The van der Waals surface area contributed by atoms with Crippen LogP contribution in [0.4, 0.5) is 0 Å². The quantitative estimate of drug-likeness (QED) is 0.833. The van der Waals surface area contributed by atoms with E-state index >= 15 is 0 Å². The second-order valence-electron chi connectivity index (χ2n) is 4.20. The number of aromatic carboxylic acids is 1. The maximum absolute atomic E-state index is 10.8. The van der Waals surface area contributed by atoms with E-state index in [9.17, 15) is 4.79 Å². The van der Waals surface area contributed by atoms with Crippen LogP contribution in [0.15, 0.2) is 18.3 Å². The van der Waals surface area contributed by atoms with E-state index in [0.717, 1.165) is 11.1 Å². The molecule has 88 valence electrons. The van der Waals surface area contributed by atoms with Crippen LogP contribution in [0.3, 0.4) is 0 Å². The van der Waals surface area contributed by atoms with Gasteiger partial charge in [0, 0.05) is 5.56 Å². The summed E-state index contributed by atoms with van der Waals surface area (Å²) in [5.41, 5.74) is 4.52. The highest BCUT2D eigenvalue weighted by molar-refractivity contribution is 5.86. The van der Waals surface area contributed by atoms with E-state index < -0.39 is 5.97 Å². The number of nitrogens with one attached hydrogen (secondary N) is 1. The Bertz CT molecular complexity index is 585. The number of carboxylic acid groups (broad SMARTS) is 1. The molecule has 0 unspecified atom stereocenters. The number of hydrogen-bond donors (Lipinski definition) is 2. The summed E-state index contributed by atoms with van der Waals surface area (Å²) in [5.74, 6) is -0.395. The van der Waals surface area contributed by atoms with Crippen LogP contribution >= 0.6 is 0 Å². The number of H-pyrrole nitrogens is 1. The molecule has 1 heterocycles. The fourth-order valence-electron chi connectivity index (χ4n) is 1.78. The molecule has 0 saturated carbocycles. The third-order valence-corrected chi connectivity index (χ3v) is 2.90. The van der Waals surface area contributed by atoms with Crippen molar-refractivity contribution >= 4 is 5.97 Å². The number of carboxylic acids is 1. The minimum Gasteiger partial charge on any atom is -0.477 e. The summed E-state index contributed by atoms with van der Waals surface area (Å²) in [7, 11) is 0. The highest BCUT2D eigenvalue weighted by Crippen LogP contribution is 2.24. The molecule has 0 amide bonds. The molecule has 4 heteroatoms. The lowest BCUT2D eigenvalue weighted by Crippen LogP contribution is -1.96. The van der Waals surface area contributed by atoms with Crippen molar-refractivity contribution in [2.24, 2.45) is 0 Å². The lowest BCUT2D eigenvalue weighted by Gasteiger charge is -2.07. The first-order valence-corrected chi connectivity index (χ1v) is 5.35. The van der Waals surface area contributed by atoms with E-state index in [1.54, 1.807) is 0 Å². The molecule has 1 aromatic heterocycles. The highest BCUT2D eigenvalue weighted by atomic mass is 16.4. The maximum Gasteiger partial charge on any atom is 0.353 e. The molecular formula is C13H14N2O2. The largest absolute Gasteiger partial charge is 0.477 e. The molecule has 1 aromatic carbocycles. The number of aromatic nitrogens is 2. The molecular weight excluding hydrogens is 216 g/mol. The molecule has 2 aromatic rings. The first-order valence-electron chi connectivity index (χ1n) is 5.35. The molecule has 0 aliphatic heterocycles. The van der Waals surface area contributed by atoms with E-state index in [-0.39, 0.29) is 5.69 Å². The lowest BCUT2D eigenvalue weighted by molar-refractivity contribution is 0.0691. The Labute approximate surface area is 99.3 Å². The normalized spacial score (nSPS) is 10.5. The second-order valence-corrected chi connectivity index (χ2v) is 4.20. The topological polar surface area (TPSA) is 66.0 Å². The zero-order chi connectivity index (χ0) is 12.6. The van der Waals surface area contributed by atoms with Crippen molar-refractivity contribution in [3.63, 3.8) is 0 Å². The van der Waals surface area contributed by atoms with Crippen LogP contribution in [-0.2, 0) is 0 Å². The minimum atomic E-state index is -0.995. The Morgan fingerprint density at radius 1 is 1.18 bits per heavy atom. The number of imidazole rings is 1. The van der Waals surface area contributed by atoms with Crippen molar-refractivity contribution in [3.8, 4) is 11.4 Å². The van der Waals surface area contributed by atoms with Crippen LogP contribution < -0.4 is 0 Å². The van der Waals surface area contributed by atoms with Crippen molar-refractivity contribution in [3.05, 3.63) is 40.7 Å². The predicted molar refractivity (Wildman–Crippen MR) is 65.2 cm³/mol. The number of rotatable bonds is 2. The highest BCUT2D eigenvalue weighted by Gasteiger charge is 2.11. The smallest absolute Gasteiger partial charge is 0.353 e. The fraction of sp³-hybridized carbons (Fsp3) is 0.231. The van der Waals surface area contributed by atoms with Crippen molar-refractivity contribution < 1.29 is 9.90 Å². The first-order chi connectivity index (χ1) is 7.99. The van der Waals surface area contributed by atoms with E-state index in [0.29, 0.717) is 5.82 Å². The summed E-state index contributed by atoms with van der Waals surface area (Å²) in [6.45, 7) is 6.07. The predicted octanol–water partition coefficient (Wildman–Crippen LogP) is 2.70. The van der Waals surface area contributed by atoms with Crippen molar-refractivity contribution in [2.45, 2.75) is 20.8 Å². The van der Waals surface area contributed by atoms with Crippen LogP contribution in [0.1, 0.15) is 27.2 Å². The summed E-state index contributed by atoms with van der Waals surface area (Å²) in [4.78, 5) is 17.7. The summed E-state index contributed by atoms with van der Waals surface area (Å²) < 4.78 is 0. The number of aromatic amines is 1. The number of nitrogens with zero attached hydrogens (tertiary/aromatic N) is 1. The molecule has 2 rings (SSSR count). The monoisotopic (exact) mass is 230 g/mol. The van der Waals surface area contributed by atoms with Gasteiger partial charge < -0.3 is 10.1 Å². The summed E-state index contributed by atoms with van der Waals surface area (Å²) in [6, 6.07) is 4.10. The van der Waals surface area contributed by atoms with Gasteiger partial charge in [0.1, 0.15) is 11.5 Å². The number of benzene rings is 1. The Balaban J connectivity index is 2.52. The number of carbonyl (C=O) groups is 1. The van der Waals surface area contributed by atoms with Gasteiger partial charge in [-0.15, -0.1) is 0 Å². The molecule has 4 nitrogen and oxygen atoms in total. The Hall–Kier alpha value is -2.10. The van der Waals surface area contributed by atoms with Crippen LogP contribution in [-0.4, -0.2) is 21.0 Å². The van der Waals surface area contributed by atoms with E-state index in [1.807, 2.05) is 19.9 Å². The molecule has 0 aliphatic carbocycles. The standard InChI is InChI=1S/C13H14N2O2/c1-7-4-9(3)10(5-8(7)2)12-14-6-11(15-12)13(16)17/h4-6H,1-3H3,(H,14,15)(H,16,17). The second kappa shape index (κ2) is 4.05. The van der Waals surface area contributed by atoms with Gasteiger partial charge >= 0.3 is 5.97 Å². The molecule has 0 fully saturated rings. The van der Waals surface area contributed by atoms with Crippen molar-refractivity contribution in [1.82, 2.24) is 9.97 Å². The van der Waals surface area contributed by atoms with Gasteiger partial charge in [-0.05, 0) is 43.5 Å². The average molecular weight is 230 g/mol. The summed E-state index contributed by atoms with van der Waals surface area (Å²) >= 11 is 0. The number of aryl methyl sites for hydroxylation is 3. The zero-order valence-corrected chi connectivity index (χ0v) is 10.0. The molecule has 0 bridgehead atoms. The van der Waals surface area contributed by atoms with Gasteiger partial charge in [0.2, 0.25) is 0 Å². The molecule has 0 radical (unpaired) electrons. The van der Waals surface area contributed by atoms with Crippen LogP contribution in [0.2, 0.25) is 0 Å². The maximum atomic E-state index is 10.8. The fourth-order valence-corrected chi connectivity index (χ4v) is 1.78. The zero-order valence-electron chi connectivity index (χ0n) is 10.0. The van der Waals surface area contributed by atoms with Crippen LogP contribution in [0.25, 0.3) is 11.4 Å². The number of hydrogen-bond acceptors (Lipinski definition) is 2. The van der Waals surface area contributed by atoms with Gasteiger partial charge in [0.05, 0.1) is 6.20 Å². The SMILES string of the molecule is Cc1cc(C)c(-c2ncc(C(=O)O)[nH]2)cc1C. The Morgan fingerprint density at radius 3 is 2.41 bits per heavy atom. The lowest BCUT2D eigenvalue weighted by atomic mass is 10.0. The minimum absolute atomic E-state index is 0.109. The summed E-state index contributed by atoms with van der Waals surface area (Å²) in [6.07, 6.45) is 1.34. The summed E-state index contributed by atoms with van der Waals surface area (Å²) in [5, 5.41) is 8.84.